The summed E-state index contributed by atoms with van der Waals surface area (Å²) in [4.78, 5) is 21.2. The van der Waals surface area contributed by atoms with E-state index in [1.807, 2.05) is 0 Å². The minimum absolute atomic E-state index is 0.458. The Morgan fingerprint density at radius 1 is 1.31 bits per heavy atom. The van der Waals surface area contributed by atoms with Gasteiger partial charge in [0, 0.05) is 11.5 Å². The topological polar surface area (TPSA) is 97.7 Å². The van der Waals surface area contributed by atoms with Gasteiger partial charge in [-0.25, -0.2) is 13.2 Å². The molecule has 92 valence electrons. The van der Waals surface area contributed by atoms with E-state index in [4.69, 9.17) is 9.84 Å². The summed E-state index contributed by atoms with van der Waals surface area (Å²) in [5.41, 5.74) is -0.775. The molecule has 0 fully saturated rings. The second-order valence-corrected chi connectivity index (χ2v) is 5.92. The number of hydrogen-bond acceptors (Lipinski definition) is 5. The molecular formula is C9H14O6S. The molecule has 0 aliphatic heterocycles. The maximum atomic E-state index is 11.2. The summed E-state index contributed by atoms with van der Waals surface area (Å²) < 4.78 is 27.1. The SMILES string of the molecule is CC(C)(C)OC(=O)CS(=O)(=O)/C=C/C(=O)O. The minimum Gasteiger partial charge on any atom is -0.478 e. The first-order valence-electron chi connectivity index (χ1n) is 4.37. The van der Waals surface area contributed by atoms with Crippen LogP contribution in [0.25, 0.3) is 0 Å². The van der Waals surface area contributed by atoms with Crippen molar-refractivity contribution in [1.29, 1.82) is 0 Å². The van der Waals surface area contributed by atoms with Gasteiger partial charge in [-0.1, -0.05) is 0 Å². The Kier molecular flexibility index (Phi) is 4.67. The lowest BCUT2D eigenvalue weighted by atomic mass is 10.2. The van der Waals surface area contributed by atoms with Crippen LogP contribution < -0.4 is 0 Å². The third kappa shape index (κ3) is 7.98. The van der Waals surface area contributed by atoms with Gasteiger partial charge in [0.1, 0.15) is 5.60 Å². The van der Waals surface area contributed by atoms with E-state index in [-0.39, 0.29) is 0 Å². The molecule has 0 aromatic rings. The number of carboxylic acids is 1. The van der Waals surface area contributed by atoms with Crippen molar-refractivity contribution in [3.63, 3.8) is 0 Å². The molecule has 0 aromatic carbocycles. The molecule has 0 saturated carbocycles. The van der Waals surface area contributed by atoms with Crippen molar-refractivity contribution in [1.82, 2.24) is 0 Å². The lowest BCUT2D eigenvalue weighted by Gasteiger charge is -2.18. The minimum atomic E-state index is -3.88. The van der Waals surface area contributed by atoms with Gasteiger partial charge in [-0.2, -0.15) is 0 Å². The van der Waals surface area contributed by atoms with Crippen LogP contribution in [0.1, 0.15) is 20.8 Å². The van der Waals surface area contributed by atoms with Crippen LogP contribution in [0.3, 0.4) is 0 Å². The first kappa shape index (κ1) is 14.6. The Balaban J connectivity index is 4.50. The molecule has 0 aliphatic rings. The van der Waals surface area contributed by atoms with Crippen LogP contribution in [0, 0.1) is 0 Å². The molecule has 0 aromatic heterocycles. The van der Waals surface area contributed by atoms with Crippen LogP contribution in [0.5, 0.6) is 0 Å². The summed E-state index contributed by atoms with van der Waals surface area (Å²) in [5.74, 6) is -3.18. The lowest BCUT2D eigenvalue weighted by molar-refractivity contribution is -0.151. The molecule has 1 N–H and O–H groups in total. The maximum Gasteiger partial charge on any atom is 0.329 e. The second-order valence-electron chi connectivity index (χ2n) is 4.03. The van der Waals surface area contributed by atoms with Crippen LogP contribution in [-0.2, 0) is 24.2 Å². The molecule has 0 saturated heterocycles. The van der Waals surface area contributed by atoms with E-state index in [1.54, 1.807) is 20.8 Å². The smallest absolute Gasteiger partial charge is 0.329 e. The molecule has 0 spiro atoms. The average Bonchev–Trinajstić information content (AvgIpc) is 1.95. The standard InChI is InChI=1S/C9H14O6S/c1-9(2,3)15-8(12)6-16(13,14)5-4-7(10)11/h4-5H,6H2,1-3H3,(H,10,11)/b5-4+. The Hall–Kier alpha value is -1.37. The number of hydrogen-bond donors (Lipinski definition) is 1. The number of esters is 1. The number of sulfone groups is 1. The van der Waals surface area contributed by atoms with Crippen molar-refractivity contribution >= 4 is 21.8 Å². The van der Waals surface area contributed by atoms with Gasteiger partial charge < -0.3 is 9.84 Å². The normalized spacial score (nSPS) is 12.7. The number of carboxylic acid groups (broad SMARTS) is 1. The fourth-order valence-electron chi connectivity index (χ4n) is 0.745. The van der Waals surface area contributed by atoms with Gasteiger partial charge >= 0.3 is 11.9 Å². The van der Waals surface area contributed by atoms with Crippen molar-refractivity contribution in [2.24, 2.45) is 0 Å². The fraction of sp³-hybridized carbons (Fsp3) is 0.556. The predicted molar refractivity (Wildman–Crippen MR) is 56.4 cm³/mol. The highest BCUT2D eigenvalue weighted by atomic mass is 32.2. The van der Waals surface area contributed by atoms with Crippen LogP contribution in [-0.4, -0.2) is 36.8 Å². The van der Waals surface area contributed by atoms with Gasteiger partial charge in [-0.15, -0.1) is 0 Å². The van der Waals surface area contributed by atoms with E-state index in [9.17, 15) is 18.0 Å². The average molecular weight is 250 g/mol. The first-order valence-corrected chi connectivity index (χ1v) is 6.09. The number of carbonyl (C=O) groups excluding carboxylic acids is 1. The summed E-state index contributed by atoms with van der Waals surface area (Å²) >= 11 is 0. The summed E-state index contributed by atoms with van der Waals surface area (Å²) in [6.07, 6.45) is 0.458. The van der Waals surface area contributed by atoms with E-state index < -0.39 is 33.1 Å². The zero-order valence-electron chi connectivity index (χ0n) is 9.26. The van der Waals surface area contributed by atoms with Crippen LogP contribution in [0.2, 0.25) is 0 Å². The largest absolute Gasteiger partial charge is 0.478 e. The molecule has 7 heteroatoms. The molecule has 0 amide bonds. The van der Waals surface area contributed by atoms with Crippen molar-refractivity contribution in [2.45, 2.75) is 26.4 Å². The molecule has 0 radical (unpaired) electrons. The number of rotatable bonds is 4. The highest BCUT2D eigenvalue weighted by Gasteiger charge is 2.21. The zero-order chi connectivity index (χ0) is 13.0. The highest BCUT2D eigenvalue weighted by molar-refractivity contribution is 7.94. The second kappa shape index (κ2) is 5.11. The third-order valence-electron chi connectivity index (χ3n) is 1.16. The first-order chi connectivity index (χ1) is 7.02. The highest BCUT2D eigenvalue weighted by Crippen LogP contribution is 2.08. The molecule has 0 unspecified atom stereocenters. The Labute approximate surface area is 93.8 Å². The van der Waals surface area contributed by atoms with Crippen molar-refractivity contribution in [2.75, 3.05) is 5.75 Å². The number of ether oxygens (including phenoxy) is 1. The predicted octanol–water partition coefficient (Wildman–Crippen LogP) is 0.341. The van der Waals surface area contributed by atoms with Gasteiger partial charge in [0.25, 0.3) is 0 Å². The van der Waals surface area contributed by atoms with E-state index in [2.05, 4.69) is 0 Å². The van der Waals surface area contributed by atoms with Crippen LogP contribution in [0.4, 0.5) is 0 Å². The molecule has 0 heterocycles. The number of carbonyl (C=O) groups is 2. The Morgan fingerprint density at radius 3 is 2.19 bits per heavy atom. The quantitative estimate of drug-likeness (QED) is 0.570. The zero-order valence-corrected chi connectivity index (χ0v) is 10.1. The lowest BCUT2D eigenvalue weighted by Crippen LogP contribution is -2.28. The molecular weight excluding hydrogens is 236 g/mol. The summed E-state index contributed by atoms with van der Waals surface area (Å²) in [5, 5.41) is 8.70. The molecule has 16 heavy (non-hydrogen) atoms. The molecule has 0 rings (SSSR count). The third-order valence-corrected chi connectivity index (χ3v) is 2.35. The van der Waals surface area contributed by atoms with Gasteiger partial charge in [-0.05, 0) is 20.8 Å². The summed E-state index contributed by atoms with van der Waals surface area (Å²) in [6, 6.07) is 0. The van der Waals surface area contributed by atoms with Crippen molar-refractivity contribution in [3.8, 4) is 0 Å². The molecule has 0 atom stereocenters. The van der Waals surface area contributed by atoms with Gasteiger partial charge in [0.05, 0.1) is 0 Å². The monoisotopic (exact) mass is 250 g/mol. The van der Waals surface area contributed by atoms with E-state index in [0.717, 1.165) is 0 Å². The molecule has 0 bridgehead atoms. The van der Waals surface area contributed by atoms with E-state index >= 15 is 0 Å². The molecule has 0 aliphatic carbocycles. The Morgan fingerprint density at radius 2 is 1.81 bits per heavy atom. The summed E-state index contributed by atoms with van der Waals surface area (Å²) in [6.45, 7) is 4.81. The van der Waals surface area contributed by atoms with E-state index in [1.165, 1.54) is 0 Å². The summed E-state index contributed by atoms with van der Waals surface area (Å²) in [7, 11) is -3.88. The van der Waals surface area contributed by atoms with Gasteiger partial charge in [-0.3, -0.25) is 4.79 Å². The van der Waals surface area contributed by atoms with Gasteiger partial charge in [0.15, 0.2) is 15.6 Å². The Bertz CT molecular complexity index is 398. The fourth-order valence-corrected chi connectivity index (χ4v) is 1.55. The van der Waals surface area contributed by atoms with E-state index in [0.29, 0.717) is 11.5 Å². The van der Waals surface area contributed by atoms with Crippen molar-refractivity contribution < 1.29 is 27.9 Å². The number of aliphatic carboxylic acids is 1. The maximum absolute atomic E-state index is 11.2. The van der Waals surface area contributed by atoms with Crippen LogP contribution >= 0.6 is 0 Å². The van der Waals surface area contributed by atoms with Crippen molar-refractivity contribution in [3.05, 3.63) is 11.5 Å². The molecule has 6 nitrogen and oxygen atoms in total. The van der Waals surface area contributed by atoms with Gasteiger partial charge in [0.2, 0.25) is 0 Å². The van der Waals surface area contributed by atoms with Crippen LogP contribution in [0.15, 0.2) is 11.5 Å².